The number of nitrogens with zero attached hydrogens (tertiary/aromatic N) is 2. The zero-order valence-electron chi connectivity index (χ0n) is 11.0. The summed E-state index contributed by atoms with van der Waals surface area (Å²) in [6.45, 7) is 5.12. The van der Waals surface area contributed by atoms with Gasteiger partial charge in [-0.3, -0.25) is 0 Å². The fourth-order valence-corrected chi connectivity index (χ4v) is 1.82. The maximum atomic E-state index is 5.57. The highest BCUT2D eigenvalue weighted by molar-refractivity contribution is 4.96. The number of nitrogens with one attached hydrogen (secondary N) is 1. The van der Waals surface area contributed by atoms with E-state index in [2.05, 4.69) is 10.3 Å². The van der Waals surface area contributed by atoms with Crippen LogP contribution in [0.3, 0.4) is 0 Å². The molecule has 1 aliphatic rings. The minimum absolute atomic E-state index is 0.654. The molecule has 0 atom stereocenters. The van der Waals surface area contributed by atoms with Gasteiger partial charge in [0.25, 0.3) is 0 Å². The van der Waals surface area contributed by atoms with Gasteiger partial charge in [-0.2, -0.15) is 0 Å². The lowest BCUT2D eigenvalue weighted by Crippen LogP contribution is -2.17. The first kappa shape index (κ1) is 13.5. The van der Waals surface area contributed by atoms with Crippen molar-refractivity contribution in [2.24, 2.45) is 11.7 Å². The highest BCUT2D eigenvalue weighted by atomic mass is 16.5. The molecule has 0 aromatic carbocycles. The monoisotopic (exact) mass is 252 g/mol. The lowest BCUT2D eigenvalue weighted by atomic mass is 10.4. The molecule has 1 fully saturated rings. The summed E-state index contributed by atoms with van der Waals surface area (Å²) in [5, 5.41) is 3.37. The zero-order chi connectivity index (χ0) is 12.6. The second-order valence-corrected chi connectivity index (χ2v) is 4.94. The maximum absolute atomic E-state index is 5.57. The number of nitrogens with two attached hydrogens (primary N) is 1. The molecule has 5 nitrogen and oxygen atoms in total. The van der Waals surface area contributed by atoms with Crippen LogP contribution in [0.25, 0.3) is 0 Å². The first-order valence-electron chi connectivity index (χ1n) is 6.87. The normalized spacial score (nSPS) is 15.2. The van der Waals surface area contributed by atoms with Crippen LogP contribution in [0.4, 0.5) is 0 Å². The molecule has 3 N–H and O–H groups in total. The smallest absolute Gasteiger partial charge is 0.0950 e. The van der Waals surface area contributed by atoms with E-state index in [1.54, 1.807) is 0 Å². The number of imidazole rings is 1. The van der Waals surface area contributed by atoms with Crippen LogP contribution in [0.5, 0.6) is 0 Å². The highest BCUT2D eigenvalue weighted by Crippen LogP contribution is 2.28. The van der Waals surface area contributed by atoms with E-state index in [-0.39, 0.29) is 0 Å². The molecule has 0 saturated heterocycles. The van der Waals surface area contributed by atoms with Crippen LogP contribution in [0.1, 0.15) is 25.0 Å². The molecule has 0 radical (unpaired) electrons. The summed E-state index contributed by atoms with van der Waals surface area (Å²) in [6, 6.07) is 0. The summed E-state index contributed by atoms with van der Waals surface area (Å²) >= 11 is 0. The first-order chi connectivity index (χ1) is 8.88. The molecule has 18 heavy (non-hydrogen) atoms. The van der Waals surface area contributed by atoms with E-state index >= 15 is 0 Å². The van der Waals surface area contributed by atoms with Gasteiger partial charge in [-0.15, -0.1) is 0 Å². The second kappa shape index (κ2) is 7.51. The molecule has 0 unspecified atom stereocenters. The van der Waals surface area contributed by atoms with Crippen molar-refractivity contribution in [2.75, 3.05) is 26.3 Å². The molecule has 0 bridgehead atoms. The van der Waals surface area contributed by atoms with E-state index in [1.165, 1.54) is 12.8 Å². The second-order valence-electron chi connectivity index (χ2n) is 4.94. The van der Waals surface area contributed by atoms with Crippen molar-refractivity contribution in [1.29, 1.82) is 0 Å². The van der Waals surface area contributed by atoms with Crippen LogP contribution in [0.2, 0.25) is 0 Å². The van der Waals surface area contributed by atoms with Gasteiger partial charge in [0.05, 0.1) is 12.0 Å². The third-order valence-corrected chi connectivity index (χ3v) is 3.07. The summed E-state index contributed by atoms with van der Waals surface area (Å²) in [6.07, 6.45) is 7.68. The lowest BCUT2D eigenvalue weighted by Gasteiger charge is -2.04. The molecule has 0 aliphatic heterocycles. The fraction of sp³-hybridized carbons (Fsp3) is 0.769. The number of aromatic nitrogens is 2. The maximum Gasteiger partial charge on any atom is 0.0950 e. The van der Waals surface area contributed by atoms with Gasteiger partial charge >= 0.3 is 0 Å². The van der Waals surface area contributed by atoms with Gasteiger partial charge in [-0.25, -0.2) is 4.98 Å². The van der Waals surface area contributed by atoms with Gasteiger partial charge in [-0.1, -0.05) is 0 Å². The molecular formula is C13H24N4O. The lowest BCUT2D eigenvalue weighted by molar-refractivity contribution is 0.122. The van der Waals surface area contributed by atoms with Crippen molar-refractivity contribution in [3.8, 4) is 0 Å². The largest absolute Gasteiger partial charge is 0.381 e. The average Bonchev–Trinajstić information content (AvgIpc) is 3.09. The molecule has 5 heteroatoms. The van der Waals surface area contributed by atoms with E-state index in [4.69, 9.17) is 10.5 Å². The standard InChI is InChI=1S/C13H24N4O/c14-4-6-17-9-13(16-11-17)8-15-5-1-7-18-10-12-2-3-12/h9,11-12,15H,1-8,10,14H2. The van der Waals surface area contributed by atoms with Crippen molar-refractivity contribution < 1.29 is 4.74 Å². The summed E-state index contributed by atoms with van der Waals surface area (Å²) in [4.78, 5) is 4.31. The van der Waals surface area contributed by atoms with E-state index in [1.807, 2.05) is 17.1 Å². The summed E-state index contributed by atoms with van der Waals surface area (Å²) in [7, 11) is 0. The molecule has 1 aliphatic carbocycles. The summed E-state index contributed by atoms with van der Waals surface area (Å²) < 4.78 is 7.60. The molecule has 2 rings (SSSR count). The van der Waals surface area contributed by atoms with Crippen LogP contribution in [0.15, 0.2) is 12.5 Å². The topological polar surface area (TPSA) is 65.1 Å². The molecule has 1 heterocycles. The van der Waals surface area contributed by atoms with Crippen LogP contribution in [-0.4, -0.2) is 35.9 Å². The Morgan fingerprint density at radius 2 is 2.39 bits per heavy atom. The Labute approximate surface area is 109 Å². The Bertz CT molecular complexity index is 335. The van der Waals surface area contributed by atoms with Gasteiger partial charge in [0.2, 0.25) is 0 Å². The number of ether oxygens (including phenoxy) is 1. The van der Waals surface area contributed by atoms with E-state index in [0.717, 1.165) is 50.9 Å². The van der Waals surface area contributed by atoms with Crippen molar-refractivity contribution in [3.63, 3.8) is 0 Å². The van der Waals surface area contributed by atoms with Crippen molar-refractivity contribution in [1.82, 2.24) is 14.9 Å². The van der Waals surface area contributed by atoms with Crippen molar-refractivity contribution in [2.45, 2.75) is 32.4 Å². The SMILES string of the molecule is NCCn1cnc(CNCCCOCC2CC2)c1. The number of rotatable bonds is 10. The Balaban J connectivity index is 1.46. The third kappa shape index (κ3) is 5.16. The van der Waals surface area contributed by atoms with Crippen molar-refractivity contribution >= 4 is 0 Å². The van der Waals surface area contributed by atoms with Gasteiger partial charge in [0, 0.05) is 39.0 Å². The molecule has 0 amide bonds. The van der Waals surface area contributed by atoms with Gasteiger partial charge in [0.15, 0.2) is 0 Å². The van der Waals surface area contributed by atoms with Crippen LogP contribution >= 0.6 is 0 Å². The predicted octanol–water partition coefficient (Wildman–Crippen LogP) is 0.748. The number of hydrogen-bond donors (Lipinski definition) is 2. The Morgan fingerprint density at radius 1 is 1.50 bits per heavy atom. The molecule has 1 aromatic heterocycles. The van der Waals surface area contributed by atoms with Crippen LogP contribution in [-0.2, 0) is 17.8 Å². The van der Waals surface area contributed by atoms with Gasteiger partial charge in [0.1, 0.15) is 0 Å². The minimum atomic E-state index is 0.654. The Hall–Kier alpha value is -0.910. The Morgan fingerprint density at radius 3 is 3.17 bits per heavy atom. The minimum Gasteiger partial charge on any atom is -0.381 e. The summed E-state index contributed by atoms with van der Waals surface area (Å²) in [5.74, 6) is 0.865. The van der Waals surface area contributed by atoms with Crippen molar-refractivity contribution in [3.05, 3.63) is 18.2 Å². The molecular weight excluding hydrogens is 228 g/mol. The molecule has 102 valence electrons. The molecule has 0 spiro atoms. The Kier molecular flexibility index (Phi) is 5.64. The van der Waals surface area contributed by atoms with Gasteiger partial charge in [-0.05, 0) is 31.7 Å². The van der Waals surface area contributed by atoms with E-state index in [0.29, 0.717) is 6.54 Å². The van der Waals surface area contributed by atoms with E-state index < -0.39 is 0 Å². The predicted molar refractivity (Wildman–Crippen MR) is 71.1 cm³/mol. The van der Waals surface area contributed by atoms with Crippen LogP contribution in [0, 0.1) is 5.92 Å². The third-order valence-electron chi connectivity index (χ3n) is 3.07. The zero-order valence-corrected chi connectivity index (χ0v) is 11.0. The van der Waals surface area contributed by atoms with E-state index in [9.17, 15) is 0 Å². The van der Waals surface area contributed by atoms with Crippen LogP contribution < -0.4 is 11.1 Å². The fourth-order valence-electron chi connectivity index (χ4n) is 1.82. The highest BCUT2D eigenvalue weighted by Gasteiger charge is 2.20. The average molecular weight is 252 g/mol. The summed E-state index contributed by atoms with van der Waals surface area (Å²) in [5.41, 5.74) is 6.56. The quantitative estimate of drug-likeness (QED) is 0.603. The first-order valence-corrected chi connectivity index (χ1v) is 6.87. The molecule has 1 saturated carbocycles. The molecule has 1 aromatic rings. The number of hydrogen-bond acceptors (Lipinski definition) is 4. The van der Waals surface area contributed by atoms with Gasteiger partial charge < -0.3 is 20.4 Å².